The van der Waals surface area contributed by atoms with Crippen LogP contribution in [-0.4, -0.2) is 41.0 Å². The van der Waals surface area contributed by atoms with Crippen LogP contribution >= 0.6 is 11.8 Å². The second kappa shape index (κ2) is 11.2. The number of hydrogen-bond acceptors (Lipinski definition) is 6. The molecule has 3 aromatic carbocycles. The number of nitrogens with one attached hydrogen (secondary N) is 1. The van der Waals surface area contributed by atoms with E-state index in [1.807, 2.05) is 84.0 Å². The highest BCUT2D eigenvalue weighted by Crippen LogP contribution is 2.49. The average molecular weight is 572 g/mol. The van der Waals surface area contributed by atoms with Gasteiger partial charge in [0.2, 0.25) is 0 Å². The fourth-order valence-corrected chi connectivity index (χ4v) is 5.98. The van der Waals surface area contributed by atoms with Crippen LogP contribution in [0.2, 0.25) is 0 Å². The predicted molar refractivity (Wildman–Crippen MR) is 165 cm³/mol. The number of benzene rings is 3. The quantitative estimate of drug-likeness (QED) is 0.242. The van der Waals surface area contributed by atoms with E-state index in [0.717, 1.165) is 56.3 Å². The molecule has 1 amide bonds. The van der Waals surface area contributed by atoms with Crippen LogP contribution in [0.15, 0.2) is 82.6 Å². The van der Waals surface area contributed by atoms with Crippen molar-refractivity contribution in [3.8, 4) is 11.3 Å². The monoisotopic (exact) mass is 571 g/mol. The van der Waals surface area contributed by atoms with Crippen molar-refractivity contribution < 1.29 is 19.1 Å². The minimum Gasteiger partial charge on any atom is -0.444 e. The molecule has 0 atom stereocenters. The highest BCUT2D eigenvalue weighted by atomic mass is 32.2. The van der Waals surface area contributed by atoms with E-state index < -0.39 is 23.4 Å². The number of fused-ring (bicyclic) bond motifs is 3. The fraction of sp³-hybridized carbons (Fsp3) is 0.333. The lowest BCUT2D eigenvalue weighted by Gasteiger charge is -2.33. The molecule has 214 valence electrons. The third kappa shape index (κ3) is 6.54. The summed E-state index contributed by atoms with van der Waals surface area (Å²) >= 11 is 1.72. The highest BCUT2D eigenvalue weighted by molar-refractivity contribution is 7.99. The molecular formula is C33H37N3O4S. The van der Waals surface area contributed by atoms with Gasteiger partial charge in [-0.2, -0.15) is 0 Å². The largest absolute Gasteiger partial charge is 0.444 e. The van der Waals surface area contributed by atoms with E-state index in [0.29, 0.717) is 6.54 Å². The number of amides is 1. The SMILES string of the molecule is CC(C)(C)OC(=O)NCCCN1c2ccccc2Sc2cc(-c3cc4ccccc4n3C(=O)OC(C)(C)C)ccc21. The van der Waals surface area contributed by atoms with Gasteiger partial charge >= 0.3 is 12.2 Å². The normalized spacial score (nSPS) is 13.0. The van der Waals surface area contributed by atoms with E-state index in [9.17, 15) is 9.59 Å². The van der Waals surface area contributed by atoms with Gasteiger partial charge in [0.15, 0.2) is 0 Å². The minimum absolute atomic E-state index is 0.400. The molecule has 1 aliphatic rings. The van der Waals surface area contributed by atoms with Gasteiger partial charge in [-0.3, -0.25) is 0 Å². The second-order valence-corrected chi connectivity index (χ2v) is 13.2. The van der Waals surface area contributed by atoms with Crippen molar-refractivity contribution in [3.05, 3.63) is 72.8 Å². The van der Waals surface area contributed by atoms with Gasteiger partial charge in [-0.25, -0.2) is 14.2 Å². The van der Waals surface area contributed by atoms with E-state index in [1.54, 1.807) is 16.3 Å². The standard InChI is InChI=1S/C33H37N3O4S/c1-32(2,3)39-30(37)34-18-11-19-35-25-14-9-10-15-28(25)41-29-21-23(16-17-26(29)35)27-20-22-12-7-8-13-24(22)36(27)31(38)40-33(4,5)6/h7-10,12-17,20-21H,11,18-19H2,1-6H3,(H,34,37). The highest BCUT2D eigenvalue weighted by Gasteiger charge is 2.26. The number of aromatic nitrogens is 1. The Bertz CT molecular complexity index is 1600. The Morgan fingerprint density at radius 2 is 1.49 bits per heavy atom. The molecule has 8 heteroatoms. The molecular weight excluding hydrogens is 534 g/mol. The molecule has 41 heavy (non-hydrogen) atoms. The van der Waals surface area contributed by atoms with Crippen LogP contribution in [0.25, 0.3) is 22.2 Å². The van der Waals surface area contributed by atoms with Crippen molar-refractivity contribution in [2.45, 2.75) is 69.0 Å². The summed E-state index contributed by atoms with van der Waals surface area (Å²) in [6.45, 7) is 12.4. The molecule has 7 nitrogen and oxygen atoms in total. The zero-order chi connectivity index (χ0) is 29.4. The number of anilines is 2. The van der Waals surface area contributed by atoms with Crippen LogP contribution in [0.1, 0.15) is 48.0 Å². The molecule has 1 aliphatic heterocycles. The molecule has 1 aromatic heterocycles. The summed E-state index contributed by atoms with van der Waals surface area (Å²) in [5.41, 5.74) is 3.62. The lowest BCUT2D eigenvalue weighted by molar-refractivity contribution is 0.0522. The summed E-state index contributed by atoms with van der Waals surface area (Å²) in [5, 5.41) is 3.84. The van der Waals surface area contributed by atoms with Crippen molar-refractivity contribution in [1.29, 1.82) is 0 Å². The van der Waals surface area contributed by atoms with Gasteiger partial charge in [-0.1, -0.05) is 48.2 Å². The molecule has 0 fully saturated rings. The maximum absolute atomic E-state index is 13.4. The Labute approximate surface area is 245 Å². The molecule has 5 rings (SSSR count). The first-order chi connectivity index (χ1) is 19.4. The molecule has 0 saturated heterocycles. The zero-order valence-electron chi connectivity index (χ0n) is 24.5. The molecule has 1 N–H and O–H groups in total. The smallest absolute Gasteiger partial charge is 0.419 e. The van der Waals surface area contributed by atoms with Gasteiger partial charge in [-0.05, 0) is 84.4 Å². The summed E-state index contributed by atoms with van der Waals surface area (Å²) in [5.74, 6) is 0. The molecule has 0 spiro atoms. The van der Waals surface area contributed by atoms with Gasteiger partial charge in [0.1, 0.15) is 11.2 Å². The molecule has 0 unspecified atom stereocenters. The second-order valence-electron chi connectivity index (χ2n) is 12.1. The van der Waals surface area contributed by atoms with E-state index in [2.05, 4.69) is 40.5 Å². The number of para-hydroxylation sites is 2. The summed E-state index contributed by atoms with van der Waals surface area (Å²) < 4.78 is 12.8. The lowest BCUT2D eigenvalue weighted by Crippen LogP contribution is -2.34. The molecule has 0 bridgehead atoms. The maximum Gasteiger partial charge on any atom is 0.419 e. The molecule has 2 heterocycles. The van der Waals surface area contributed by atoms with Crippen molar-refractivity contribution in [3.63, 3.8) is 0 Å². The van der Waals surface area contributed by atoms with E-state index in [-0.39, 0.29) is 0 Å². The van der Waals surface area contributed by atoms with Crippen LogP contribution in [0.3, 0.4) is 0 Å². The molecule has 4 aromatic rings. The first-order valence-electron chi connectivity index (χ1n) is 13.9. The first kappa shape index (κ1) is 28.6. The zero-order valence-corrected chi connectivity index (χ0v) is 25.3. The Kier molecular flexibility index (Phi) is 7.79. The number of carbonyl (C=O) groups is 2. The van der Waals surface area contributed by atoms with Gasteiger partial charge in [-0.15, -0.1) is 0 Å². The van der Waals surface area contributed by atoms with Gasteiger partial charge < -0.3 is 19.7 Å². The number of ether oxygens (including phenoxy) is 2. The van der Waals surface area contributed by atoms with E-state index in [4.69, 9.17) is 9.47 Å². The number of hydrogen-bond donors (Lipinski definition) is 1. The van der Waals surface area contributed by atoms with Gasteiger partial charge in [0.25, 0.3) is 0 Å². The van der Waals surface area contributed by atoms with Crippen LogP contribution in [0, 0.1) is 0 Å². The van der Waals surface area contributed by atoms with Gasteiger partial charge in [0, 0.05) is 33.8 Å². The third-order valence-electron chi connectivity index (χ3n) is 6.44. The van der Waals surface area contributed by atoms with Crippen LogP contribution in [0.4, 0.5) is 21.0 Å². The third-order valence-corrected chi connectivity index (χ3v) is 7.55. The van der Waals surface area contributed by atoms with Crippen molar-refractivity contribution in [2.24, 2.45) is 0 Å². The summed E-state index contributed by atoms with van der Waals surface area (Å²) in [6.07, 6.45) is -0.0622. The van der Waals surface area contributed by atoms with Gasteiger partial charge in [0.05, 0.1) is 22.6 Å². The van der Waals surface area contributed by atoms with Crippen LogP contribution < -0.4 is 10.2 Å². The maximum atomic E-state index is 13.4. The van der Waals surface area contributed by atoms with Crippen LogP contribution in [0.5, 0.6) is 0 Å². The van der Waals surface area contributed by atoms with Crippen LogP contribution in [-0.2, 0) is 9.47 Å². The minimum atomic E-state index is -0.617. The van der Waals surface area contributed by atoms with Crippen molar-refractivity contribution in [1.82, 2.24) is 9.88 Å². The summed E-state index contributed by atoms with van der Waals surface area (Å²) in [6, 6.07) is 24.6. The Hall–Kier alpha value is -3.91. The average Bonchev–Trinajstić information content (AvgIpc) is 3.28. The Balaban J connectivity index is 1.45. The van der Waals surface area contributed by atoms with Crippen molar-refractivity contribution >= 4 is 46.2 Å². The molecule has 0 saturated carbocycles. The summed E-state index contributed by atoms with van der Waals surface area (Å²) in [4.78, 5) is 30.1. The molecule has 0 radical (unpaired) electrons. The number of rotatable bonds is 5. The first-order valence-corrected chi connectivity index (χ1v) is 14.7. The number of nitrogens with zero attached hydrogens (tertiary/aromatic N) is 2. The van der Waals surface area contributed by atoms with E-state index in [1.165, 1.54) is 0 Å². The Morgan fingerprint density at radius 1 is 0.805 bits per heavy atom. The lowest BCUT2D eigenvalue weighted by atomic mass is 10.1. The fourth-order valence-electron chi connectivity index (χ4n) is 4.85. The van der Waals surface area contributed by atoms with E-state index >= 15 is 0 Å². The predicted octanol–water partition coefficient (Wildman–Crippen LogP) is 8.61. The molecule has 0 aliphatic carbocycles. The Morgan fingerprint density at radius 3 is 2.24 bits per heavy atom. The number of alkyl carbamates (subject to hydrolysis) is 1. The number of carbonyl (C=O) groups excluding carboxylic acids is 2. The van der Waals surface area contributed by atoms with Crippen molar-refractivity contribution in [2.75, 3.05) is 18.0 Å². The topological polar surface area (TPSA) is 72.8 Å². The summed E-state index contributed by atoms with van der Waals surface area (Å²) in [7, 11) is 0.